The second-order valence-corrected chi connectivity index (χ2v) is 5.14. The summed E-state index contributed by atoms with van der Waals surface area (Å²) in [6, 6.07) is 10.7. The third kappa shape index (κ3) is 4.77. The molecule has 0 aromatic heterocycles. The van der Waals surface area contributed by atoms with E-state index in [1.165, 1.54) is 25.3 Å². The Hall–Kier alpha value is -3.42. The van der Waals surface area contributed by atoms with E-state index < -0.39 is 23.4 Å². The van der Waals surface area contributed by atoms with Crippen LogP contribution >= 0.6 is 0 Å². The lowest BCUT2D eigenvalue weighted by atomic mass is 10.2. The minimum atomic E-state index is -0.569. The topological polar surface area (TPSA) is 108 Å². The van der Waals surface area contributed by atoms with Crippen LogP contribution in [0.2, 0.25) is 0 Å². The molecule has 0 spiro atoms. The third-order valence-electron chi connectivity index (χ3n) is 3.24. The number of anilines is 1. The van der Waals surface area contributed by atoms with Gasteiger partial charge in [-0.3, -0.25) is 14.9 Å². The highest BCUT2D eigenvalue weighted by Crippen LogP contribution is 2.27. The second kappa shape index (κ2) is 7.91. The molecule has 0 fully saturated rings. The summed E-state index contributed by atoms with van der Waals surface area (Å²) in [6.07, 6.45) is 0. The van der Waals surface area contributed by atoms with Crippen LogP contribution in [0, 0.1) is 17.0 Å². The summed E-state index contributed by atoms with van der Waals surface area (Å²) >= 11 is 0. The first kappa shape index (κ1) is 17.9. The Balaban J connectivity index is 2.02. The van der Waals surface area contributed by atoms with E-state index in [4.69, 9.17) is 4.74 Å². The van der Waals surface area contributed by atoms with Crippen molar-refractivity contribution in [3.05, 3.63) is 63.7 Å². The van der Waals surface area contributed by atoms with Gasteiger partial charge in [-0.1, -0.05) is 12.1 Å². The normalized spacial score (nSPS) is 10.0. The maximum absolute atomic E-state index is 12.0. The quantitative estimate of drug-likeness (QED) is 0.490. The molecule has 0 radical (unpaired) electrons. The molecule has 1 amide bonds. The van der Waals surface area contributed by atoms with E-state index in [1.54, 1.807) is 31.2 Å². The van der Waals surface area contributed by atoms with Gasteiger partial charge < -0.3 is 14.8 Å². The van der Waals surface area contributed by atoms with E-state index in [1.807, 2.05) is 0 Å². The monoisotopic (exact) mass is 344 g/mol. The smallest absolute Gasteiger partial charge is 0.337 e. The van der Waals surface area contributed by atoms with E-state index in [0.29, 0.717) is 11.3 Å². The first-order valence-electron chi connectivity index (χ1n) is 7.27. The van der Waals surface area contributed by atoms with Gasteiger partial charge in [-0.25, -0.2) is 4.79 Å². The number of hydrogen-bond acceptors (Lipinski definition) is 6. The van der Waals surface area contributed by atoms with Crippen LogP contribution in [-0.2, 0) is 9.53 Å². The van der Waals surface area contributed by atoms with Crippen molar-refractivity contribution in [3.63, 3.8) is 0 Å². The standard InChI is InChI=1S/C17H16N2O6/c1-11-6-7-15(14(8-11)19(22)23)25-10-16(20)18-13-5-3-4-12(9-13)17(21)24-2/h3-9H,10H2,1-2H3,(H,18,20). The fourth-order valence-corrected chi connectivity index (χ4v) is 2.07. The molecule has 1 N–H and O–H groups in total. The molecule has 2 aromatic carbocycles. The van der Waals surface area contributed by atoms with E-state index >= 15 is 0 Å². The molecule has 0 heterocycles. The lowest BCUT2D eigenvalue weighted by Gasteiger charge is -2.09. The lowest BCUT2D eigenvalue weighted by molar-refractivity contribution is -0.385. The largest absolute Gasteiger partial charge is 0.477 e. The Labute approximate surface area is 143 Å². The molecule has 0 aliphatic heterocycles. The zero-order valence-electron chi connectivity index (χ0n) is 13.6. The molecule has 0 bridgehead atoms. The van der Waals surface area contributed by atoms with Crippen molar-refractivity contribution >= 4 is 23.3 Å². The van der Waals surface area contributed by atoms with E-state index in [2.05, 4.69) is 10.1 Å². The average Bonchev–Trinajstić information content (AvgIpc) is 2.60. The van der Waals surface area contributed by atoms with Gasteiger partial charge in [0, 0.05) is 11.8 Å². The highest BCUT2D eigenvalue weighted by atomic mass is 16.6. The van der Waals surface area contributed by atoms with Crippen molar-refractivity contribution < 1.29 is 24.0 Å². The highest BCUT2D eigenvalue weighted by Gasteiger charge is 2.16. The summed E-state index contributed by atoms with van der Waals surface area (Å²) < 4.78 is 9.85. The molecular weight excluding hydrogens is 328 g/mol. The van der Waals surface area contributed by atoms with Crippen molar-refractivity contribution in [1.82, 2.24) is 0 Å². The number of nitrogens with one attached hydrogen (secondary N) is 1. The number of methoxy groups -OCH3 is 1. The molecule has 0 unspecified atom stereocenters. The maximum Gasteiger partial charge on any atom is 0.337 e. The van der Waals surface area contributed by atoms with Gasteiger partial charge >= 0.3 is 11.7 Å². The molecule has 2 rings (SSSR count). The molecule has 8 heteroatoms. The van der Waals surface area contributed by atoms with Crippen molar-refractivity contribution in [2.24, 2.45) is 0 Å². The molecule has 0 aliphatic carbocycles. The molecule has 130 valence electrons. The number of nitrogens with zero attached hydrogens (tertiary/aromatic N) is 1. The first-order chi connectivity index (χ1) is 11.9. The zero-order valence-corrected chi connectivity index (χ0v) is 13.6. The molecule has 8 nitrogen and oxygen atoms in total. The Morgan fingerprint density at radius 2 is 1.96 bits per heavy atom. The number of ether oxygens (including phenoxy) is 2. The molecule has 2 aromatic rings. The summed E-state index contributed by atoms with van der Waals surface area (Å²) in [6.45, 7) is 1.31. The Bertz CT molecular complexity index is 819. The van der Waals surface area contributed by atoms with Gasteiger partial charge in [0.05, 0.1) is 17.6 Å². The van der Waals surface area contributed by atoms with Crippen LogP contribution in [0.15, 0.2) is 42.5 Å². The van der Waals surface area contributed by atoms with Gasteiger partial charge in [0.15, 0.2) is 12.4 Å². The molecule has 25 heavy (non-hydrogen) atoms. The Morgan fingerprint density at radius 1 is 1.20 bits per heavy atom. The Kier molecular flexibility index (Phi) is 5.67. The zero-order chi connectivity index (χ0) is 18.4. The van der Waals surface area contributed by atoms with E-state index in [9.17, 15) is 19.7 Å². The van der Waals surface area contributed by atoms with E-state index in [0.717, 1.165) is 0 Å². The van der Waals surface area contributed by atoms with Crippen LogP contribution in [0.4, 0.5) is 11.4 Å². The summed E-state index contributed by atoms with van der Waals surface area (Å²) in [5.41, 5.74) is 1.17. The fourth-order valence-electron chi connectivity index (χ4n) is 2.07. The number of amides is 1. The van der Waals surface area contributed by atoms with Crippen molar-refractivity contribution in [2.45, 2.75) is 6.92 Å². The maximum atomic E-state index is 12.0. The van der Waals surface area contributed by atoms with Gasteiger partial charge in [0.2, 0.25) is 0 Å². The van der Waals surface area contributed by atoms with E-state index in [-0.39, 0.29) is 17.0 Å². The number of esters is 1. The minimum absolute atomic E-state index is 0.00839. The molecular formula is C17H16N2O6. The van der Waals surface area contributed by atoms with Crippen molar-refractivity contribution in [2.75, 3.05) is 19.0 Å². The van der Waals surface area contributed by atoms with Gasteiger partial charge in [0.25, 0.3) is 5.91 Å². The van der Waals surface area contributed by atoms with Gasteiger partial charge in [-0.05, 0) is 36.8 Å². The number of nitro benzene ring substituents is 1. The van der Waals surface area contributed by atoms with Crippen LogP contribution in [0.5, 0.6) is 5.75 Å². The van der Waals surface area contributed by atoms with Crippen LogP contribution in [0.1, 0.15) is 15.9 Å². The van der Waals surface area contributed by atoms with Gasteiger partial charge in [0.1, 0.15) is 0 Å². The number of aryl methyl sites for hydroxylation is 1. The average molecular weight is 344 g/mol. The number of rotatable bonds is 6. The predicted octanol–water partition coefficient (Wildman–Crippen LogP) is 2.71. The number of hydrogen-bond donors (Lipinski definition) is 1. The first-order valence-corrected chi connectivity index (χ1v) is 7.27. The fraction of sp³-hybridized carbons (Fsp3) is 0.176. The summed E-state index contributed by atoms with van der Waals surface area (Å²) in [7, 11) is 1.26. The number of carbonyl (C=O) groups excluding carboxylic acids is 2. The summed E-state index contributed by atoms with van der Waals surface area (Å²) in [5.74, 6) is -1.03. The van der Waals surface area contributed by atoms with Crippen molar-refractivity contribution in [3.8, 4) is 5.75 Å². The number of nitro groups is 1. The molecule has 0 saturated heterocycles. The summed E-state index contributed by atoms with van der Waals surface area (Å²) in [4.78, 5) is 33.9. The lowest BCUT2D eigenvalue weighted by Crippen LogP contribution is -2.20. The van der Waals surface area contributed by atoms with Crippen LogP contribution in [0.25, 0.3) is 0 Å². The second-order valence-electron chi connectivity index (χ2n) is 5.14. The number of benzene rings is 2. The van der Waals surface area contributed by atoms with Gasteiger partial charge in [-0.2, -0.15) is 0 Å². The molecule has 0 atom stereocenters. The molecule has 0 aliphatic rings. The van der Waals surface area contributed by atoms with Crippen LogP contribution in [-0.4, -0.2) is 30.5 Å². The van der Waals surface area contributed by atoms with Crippen molar-refractivity contribution in [1.29, 1.82) is 0 Å². The Morgan fingerprint density at radius 3 is 2.64 bits per heavy atom. The third-order valence-corrected chi connectivity index (χ3v) is 3.24. The van der Waals surface area contributed by atoms with Gasteiger partial charge in [-0.15, -0.1) is 0 Å². The highest BCUT2D eigenvalue weighted by molar-refractivity contribution is 5.95. The van der Waals surface area contributed by atoms with Crippen LogP contribution < -0.4 is 10.1 Å². The van der Waals surface area contributed by atoms with Crippen LogP contribution in [0.3, 0.4) is 0 Å². The molecule has 0 saturated carbocycles. The minimum Gasteiger partial charge on any atom is -0.477 e. The summed E-state index contributed by atoms with van der Waals surface area (Å²) in [5, 5.41) is 13.6. The predicted molar refractivity (Wildman–Crippen MR) is 89.7 cm³/mol. The number of carbonyl (C=O) groups is 2. The SMILES string of the molecule is COC(=O)c1cccc(NC(=O)COc2ccc(C)cc2[N+](=O)[O-])c1.